The van der Waals surface area contributed by atoms with Crippen LogP contribution in [-0.2, 0) is 23.8 Å². The van der Waals surface area contributed by atoms with E-state index in [-0.39, 0.29) is 18.2 Å². The van der Waals surface area contributed by atoms with E-state index < -0.39 is 17.3 Å². The molecule has 1 fully saturated rings. The molecule has 2 aliphatic heterocycles. The zero-order valence-electron chi connectivity index (χ0n) is 21.6. The molecule has 0 bridgehead atoms. The molecule has 1 saturated heterocycles. The maximum atomic E-state index is 13.2. The van der Waals surface area contributed by atoms with Gasteiger partial charge in [-0.2, -0.15) is 13.2 Å². The number of nitrogens with zero attached hydrogens (tertiary/aromatic N) is 3. The number of aromatic nitrogens is 2. The zero-order chi connectivity index (χ0) is 26.5. The van der Waals surface area contributed by atoms with Crippen LogP contribution in [0.5, 0.6) is 0 Å². The number of hydrogen-bond acceptors (Lipinski definition) is 6. The number of hydrogen-bond donors (Lipinski definition) is 2. The molecule has 1 aromatic heterocycles. The van der Waals surface area contributed by atoms with E-state index in [1.807, 2.05) is 34.6 Å². The summed E-state index contributed by atoms with van der Waals surface area (Å²) in [6.45, 7) is 12.6. The monoisotopic (exact) mass is 507 g/mol. The normalized spacial score (nSPS) is 20.2. The Morgan fingerprint density at radius 2 is 1.86 bits per heavy atom. The van der Waals surface area contributed by atoms with Gasteiger partial charge in [0.25, 0.3) is 0 Å². The first kappa shape index (κ1) is 27.9. The topological polar surface area (TPSA) is 79.4 Å². The molecule has 0 spiro atoms. The molecule has 1 amide bonds. The van der Waals surface area contributed by atoms with Crippen molar-refractivity contribution in [3.8, 4) is 0 Å². The number of piperazine rings is 1. The van der Waals surface area contributed by atoms with Crippen LogP contribution in [0.1, 0.15) is 68.7 Å². The third-order valence-electron chi connectivity index (χ3n) is 6.06. The summed E-state index contributed by atoms with van der Waals surface area (Å²) in [7, 11) is 0. The molecular weight excluding hydrogens is 471 g/mol. The Labute approximate surface area is 210 Å². The van der Waals surface area contributed by atoms with Crippen molar-refractivity contribution in [1.82, 2.24) is 25.5 Å². The number of amides is 1. The highest BCUT2D eigenvalue weighted by Gasteiger charge is 2.36. The average molecular weight is 508 g/mol. The Hall–Kier alpha value is -2.72. The van der Waals surface area contributed by atoms with Gasteiger partial charge in [0.1, 0.15) is 11.4 Å². The second kappa shape index (κ2) is 11.6. The van der Waals surface area contributed by atoms with Gasteiger partial charge in [-0.05, 0) is 51.3 Å². The molecule has 7 nitrogen and oxygen atoms in total. The van der Waals surface area contributed by atoms with Crippen molar-refractivity contribution < 1.29 is 22.7 Å². The van der Waals surface area contributed by atoms with Gasteiger partial charge in [-0.25, -0.2) is 14.8 Å². The van der Waals surface area contributed by atoms with E-state index in [1.165, 1.54) is 6.07 Å². The lowest BCUT2D eigenvalue weighted by Gasteiger charge is -2.35. The number of halogens is 3. The fourth-order valence-corrected chi connectivity index (χ4v) is 4.30. The Morgan fingerprint density at radius 1 is 1.17 bits per heavy atom. The van der Waals surface area contributed by atoms with E-state index in [0.717, 1.165) is 43.5 Å². The van der Waals surface area contributed by atoms with Gasteiger partial charge in [-0.3, -0.25) is 0 Å². The second-order valence-corrected chi connectivity index (χ2v) is 10.0. The smallest absolute Gasteiger partial charge is 0.416 e. The molecule has 36 heavy (non-hydrogen) atoms. The van der Waals surface area contributed by atoms with E-state index in [0.29, 0.717) is 24.1 Å². The van der Waals surface area contributed by atoms with Gasteiger partial charge < -0.3 is 20.3 Å². The first-order chi connectivity index (χ1) is 16.9. The quantitative estimate of drug-likeness (QED) is 0.623. The summed E-state index contributed by atoms with van der Waals surface area (Å²) in [6.07, 6.45) is -0.0395. The fraction of sp³-hybridized carbons (Fsp3) is 0.577. The van der Waals surface area contributed by atoms with Crippen LogP contribution in [0.3, 0.4) is 0 Å². The average Bonchev–Trinajstić information content (AvgIpc) is 2.82. The highest BCUT2D eigenvalue weighted by molar-refractivity contribution is 5.68. The molecule has 2 aliphatic rings. The number of alkyl halides is 3. The molecule has 0 radical (unpaired) electrons. The van der Waals surface area contributed by atoms with Crippen molar-refractivity contribution in [1.29, 1.82) is 0 Å². The van der Waals surface area contributed by atoms with Crippen LogP contribution in [0.4, 0.5) is 18.0 Å². The number of carbonyl (C=O) groups is 1. The molecular formula is C26H36F3N5O2. The number of aryl methyl sites for hydroxylation is 1. The van der Waals surface area contributed by atoms with Gasteiger partial charge in [-0.15, -0.1) is 0 Å². The molecule has 1 aromatic carbocycles. The number of rotatable bonds is 2. The van der Waals surface area contributed by atoms with Gasteiger partial charge in [0, 0.05) is 56.6 Å². The van der Waals surface area contributed by atoms with Gasteiger partial charge in [-0.1, -0.05) is 19.1 Å². The standard InChI is InChI=1S/C16H16F3N3.C10H20N2O2/c1-2-14-21-8-10(9-22-14)15-12-4-3-5-13(16(17,18)19)11(12)6-7-20-15;1-8-7-11-5-6-12(8)9(13)14-10(2,3)4/h3-5,8-9,15,20H,2,6-7H2,1H3;8,11H,5-7H2,1-4H3. The van der Waals surface area contributed by atoms with Gasteiger partial charge in [0.05, 0.1) is 11.6 Å². The van der Waals surface area contributed by atoms with Crippen LogP contribution in [0, 0.1) is 0 Å². The molecule has 2 aromatic rings. The Morgan fingerprint density at radius 3 is 2.44 bits per heavy atom. The summed E-state index contributed by atoms with van der Waals surface area (Å²) in [4.78, 5) is 22.0. The number of carbonyl (C=O) groups excluding carboxylic acids is 1. The minimum absolute atomic E-state index is 0.202. The Bertz CT molecular complexity index is 1020. The fourth-order valence-electron chi connectivity index (χ4n) is 4.30. The third kappa shape index (κ3) is 7.16. The molecule has 2 N–H and O–H groups in total. The molecule has 2 unspecified atom stereocenters. The Kier molecular flexibility index (Phi) is 8.94. The van der Waals surface area contributed by atoms with Crippen molar-refractivity contribution in [3.05, 3.63) is 58.7 Å². The number of benzene rings is 1. The van der Waals surface area contributed by atoms with Gasteiger partial charge >= 0.3 is 12.3 Å². The first-order valence-corrected chi connectivity index (χ1v) is 12.3. The van der Waals surface area contributed by atoms with Crippen LogP contribution >= 0.6 is 0 Å². The Balaban J connectivity index is 0.000000223. The maximum Gasteiger partial charge on any atom is 0.416 e. The van der Waals surface area contributed by atoms with Crippen LogP contribution in [0.15, 0.2) is 30.6 Å². The summed E-state index contributed by atoms with van der Waals surface area (Å²) in [5, 5.41) is 6.49. The largest absolute Gasteiger partial charge is 0.444 e. The summed E-state index contributed by atoms with van der Waals surface area (Å²) in [6, 6.07) is 4.28. The summed E-state index contributed by atoms with van der Waals surface area (Å²) < 4.78 is 44.8. The van der Waals surface area contributed by atoms with Crippen molar-refractivity contribution in [3.63, 3.8) is 0 Å². The molecule has 3 heterocycles. The van der Waals surface area contributed by atoms with Crippen LogP contribution in [0.25, 0.3) is 0 Å². The van der Waals surface area contributed by atoms with E-state index >= 15 is 0 Å². The SMILES string of the molecule is CC1CNCCN1C(=O)OC(C)(C)C.CCc1ncc(C2NCCc3c2cccc3C(F)(F)F)cn1. The molecule has 4 rings (SSSR count). The molecule has 198 valence electrons. The molecule has 2 atom stereocenters. The summed E-state index contributed by atoms with van der Waals surface area (Å²) >= 11 is 0. The molecule has 0 aliphatic carbocycles. The maximum absolute atomic E-state index is 13.2. The first-order valence-electron chi connectivity index (χ1n) is 12.3. The highest BCUT2D eigenvalue weighted by atomic mass is 19.4. The predicted molar refractivity (Wildman–Crippen MR) is 132 cm³/mol. The van der Waals surface area contributed by atoms with E-state index in [4.69, 9.17) is 4.74 Å². The minimum Gasteiger partial charge on any atom is -0.444 e. The van der Waals surface area contributed by atoms with E-state index in [1.54, 1.807) is 23.4 Å². The minimum atomic E-state index is -4.32. The van der Waals surface area contributed by atoms with Crippen molar-refractivity contribution in [2.24, 2.45) is 0 Å². The molecule has 0 saturated carbocycles. The number of ether oxygens (including phenoxy) is 1. The predicted octanol–water partition coefficient (Wildman–Crippen LogP) is 4.51. The lowest BCUT2D eigenvalue weighted by Crippen LogP contribution is -2.53. The second-order valence-electron chi connectivity index (χ2n) is 10.0. The zero-order valence-corrected chi connectivity index (χ0v) is 21.6. The van der Waals surface area contributed by atoms with E-state index in [2.05, 4.69) is 20.6 Å². The highest BCUT2D eigenvalue weighted by Crippen LogP contribution is 2.38. The van der Waals surface area contributed by atoms with Crippen molar-refractivity contribution in [2.75, 3.05) is 26.2 Å². The van der Waals surface area contributed by atoms with Crippen LogP contribution in [-0.4, -0.2) is 58.8 Å². The molecule has 10 heteroatoms. The van der Waals surface area contributed by atoms with Gasteiger partial charge in [0.2, 0.25) is 0 Å². The van der Waals surface area contributed by atoms with Crippen LogP contribution < -0.4 is 10.6 Å². The van der Waals surface area contributed by atoms with Crippen LogP contribution in [0.2, 0.25) is 0 Å². The number of fused-ring (bicyclic) bond motifs is 1. The van der Waals surface area contributed by atoms with Crippen molar-refractivity contribution in [2.45, 2.75) is 71.3 Å². The lowest BCUT2D eigenvalue weighted by molar-refractivity contribution is -0.138. The summed E-state index contributed by atoms with van der Waals surface area (Å²) in [5.74, 6) is 0.726. The third-order valence-corrected chi connectivity index (χ3v) is 6.06. The number of nitrogens with one attached hydrogen (secondary N) is 2. The lowest BCUT2D eigenvalue weighted by atomic mass is 9.88. The van der Waals surface area contributed by atoms with Crippen molar-refractivity contribution >= 4 is 6.09 Å². The van der Waals surface area contributed by atoms with E-state index in [9.17, 15) is 18.0 Å². The summed E-state index contributed by atoms with van der Waals surface area (Å²) in [5.41, 5.74) is 0.883. The van der Waals surface area contributed by atoms with Gasteiger partial charge in [0.15, 0.2) is 0 Å².